The van der Waals surface area contributed by atoms with E-state index in [0.29, 0.717) is 12.0 Å². The Morgan fingerprint density at radius 2 is 2.06 bits per heavy atom. The molecule has 3 unspecified atom stereocenters. The summed E-state index contributed by atoms with van der Waals surface area (Å²) in [6, 6.07) is 0. The molecule has 3 atom stereocenters. The fraction of sp³-hybridized carbons (Fsp3) is 0.923. The number of ether oxygens (including phenoxy) is 1. The fourth-order valence-electron chi connectivity index (χ4n) is 3.53. The van der Waals surface area contributed by atoms with Crippen LogP contribution in [-0.2, 0) is 9.53 Å². The molecule has 0 heterocycles. The number of alkyl halides is 2. The van der Waals surface area contributed by atoms with Gasteiger partial charge in [-0.2, -0.15) is 0 Å². The number of rotatable bonds is 3. The molecule has 2 fully saturated rings. The maximum atomic E-state index is 11.8. The maximum absolute atomic E-state index is 11.8. The summed E-state index contributed by atoms with van der Waals surface area (Å²) < 4.78 is 5.17. The third-order valence-electron chi connectivity index (χ3n) is 4.33. The zero-order valence-electron chi connectivity index (χ0n) is 10.7. The van der Waals surface area contributed by atoms with Crippen LogP contribution in [-0.4, -0.2) is 17.9 Å². The van der Waals surface area contributed by atoms with E-state index < -0.39 is 0 Å². The van der Waals surface area contributed by atoms with E-state index in [4.69, 9.17) is 27.9 Å². The standard InChI is InChI=1S/C12H20O2.CH2Cl2/c1-3-12-6-5-9(8-12)7-10(12)11(13)14-4-2;2-1-3/h9-10H,3-8H2,1-2H3;1H2. The van der Waals surface area contributed by atoms with Gasteiger partial charge in [-0.1, -0.05) is 6.92 Å². The third-order valence-corrected chi connectivity index (χ3v) is 4.33. The van der Waals surface area contributed by atoms with E-state index in [1.165, 1.54) is 19.3 Å². The van der Waals surface area contributed by atoms with Crippen molar-refractivity contribution >= 4 is 29.2 Å². The van der Waals surface area contributed by atoms with Gasteiger partial charge in [0.1, 0.15) is 0 Å². The van der Waals surface area contributed by atoms with Gasteiger partial charge in [0.2, 0.25) is 0 Å². The minimum atomic E-state index is 0.0663. The molecule has 2 aliphatic rings. The van der Waals surface area contributed by atoms with Crippen molar-refractivity contribution in [1.29, 1.82) is 0 Å². The molecular weight excluding hydrogens is 259 g/mol. The number of hydrogen-bond acceptors (Lipinski definition) is 2. The second-order valence-corrected chi connectivity index (χ2v) is 5.77. The Hall–Kier alpha value is 0.0500. The Balaban J connectivity index is 0.000000437. The van der Waals surface area contributed by atoms with Crippen molar-refractivity contribution < 1.29 is 9.53 Å². The van der Waals surface area contributed by atoms with Gasteiger partial charge in [-0.25, -0.2) is 0 Å². The monoisotopic (exact) mass is 280 g/mol. The first-order chi connectivity index (χ1) is 8.13. The van der Waals surface area contributed by atoms with Gasteiger partial charge in [0.25, 0.3) is 0 Å². The topological polar surface area (TPSA) is 26.3 Å². The van der Waals surface area contributed by atoms with Crippen LogP contribution in [0.5, 0.6) is 0 Å². The van der Waals surface area contributed by atoms with Crippen molar-refractivity contribution in [2.75, 3.05) is 11.9 Å². The van der Waals surface area contributed by atoms with Crippen LogP contribution in [0.4, 0.5) is 0 Å². The Labute approximate surface area is 114 Å². The molecule has 2 saturated carbocycles. The highest BCUT2D eigenvalue weighted by Crippen LogP contribution is 2.59. The van der Waals surface area contributed by atoms with Crippen molar-refractivity contribution in [3.05, 3.63) is 0 Å². The molecule has 17 heavy (non-hydrogen) atoms. The summed E-state index contributed by atoms with van der Waals surface area (Å²) in [6.07, 6.45) is 6.09. The first-order valence-electron chi connectivity index (χ1n) is 6.42. The quantitative estimate of drug-likeness (QED) is 0.573. The van der Waals surface area contributed by atoms with Gasteiger partial charge in [0.15, 0.2) is 0 Å². The third kappa shape index (κ3) is 3.29. The van der Waals surface area contributed by atoms with Crippen molar-refractivity contribution in [2.24, 2.45) is 17.3 Å². The normalized spacial score (nSPS) is 34.1. The molecule has 2 aliphatic carbocycles. The molecule has 4 heteroatoms. The highest BCUT2D eigenvalue weighted by Gasteiger charge is 2.54. The molecule has 0 aromatic rings. The summed E-state index contributed by atoms with van der Waals surface area (Å²) in [5.41, 5.74) is 0.316. The maximum Gasteiger partial charge on any atom is 0.309 e. The molecule has 0 N–H and O–H groups in total. The fourth-order valence-corrected chi connectivity index (χ4v) is 3.53. The summed E-state index contributed by atoms with van der Waals surface area (Å²) in [7, 11) is 0. The van der Waals surface area contributed by atoms with Gasteiger partial charge in [-0.05, 0) is 50.4 Å². The van der Waals surface area contributed by atoms with Crippen LogP contribution in [0.25, 0.3) is 0 Å². The molecule has 0 radical (unpaired) electrons. The highest BCUT2D eigenvalue weighted by atomic mass is 35.5. The first kappa shape index (κ1) is 15.1. The molecule has 0 amide bonds. The summed E-state index contributed by atoms with van der Waals surface area (Å²) in [5.74, 6) is 1.09. The van der Waals surface area contributed by atoms with Crippen molar-refractivity contribution in [3.8, 4) is 0 Å². The van der Waals surface area contributed by atoms with Crippen molar-refractivity contribution in [1.82, 2.24) is 0 Å². The second-order valence-electron chi connectivity index (χ2n) is 4.97. The van der Waals surface area contributed by atoms with Crippen molar-refractivity contribution in [3.63, 3.8) is 0 Å². The van der Waals surface area contributed by atoms with E-state index in [9.17, 15) is 4.79 Å². The lowest BCUT2D eigenvalue weighted by molar-refractivity contribution is -0.152. The molecule has 0 aliphatic heterocycles. The smallest absolute Gasteiger partial charge is 0.309 e. The van der Waals surface area contributed by atoms with Gasteiger partial charge < -0.3 is 4.74 Å². The number of fused-ring (bicyclic) bond motifs is 2. The molecule has 100 valence electrons. The number of esters is 1. The SMILES string of the molecule is CCOC(=O)C1CC2CCC1(CC)C2.ClCCl. The van der Waals surface area contributed by atoms with Gasteiger partial charge in [-0.3, -0.25) is 4.79 Å². The Bertz CT molecular complexity index is 258. The zero-order chi connectivity index (χ0) is 12.9. The number of carbonyl (C=O) groups is 1. The molecular formula is C13H22Cl2O2. The van der Waals surface area contributed by atoms with Crippen LogP contribution < -0.4 is 0 Å². The second kappa shape index (κ2) is 6.84. The molecule has 2 bridgehead atoms. The van der Waals surface area contributed by atoms with Crippen LogP contribution >= 0.6 is 23.2 Å². The van der Waals surface area contributed by atoms with Crippen molar-refractivity contribution in [2.45, 2.75) is 46.0 Å². The molecule has 0 aromatic heterocycles. The minimum Gasteiger partial charge on any atom is -0.466 e. The summed E-state index contributed by atoms with van der Waals surface area (Å²) >= 11 is 9.53. The van der Waals surface area contributed by atoms with Crippen LogP contribution in [0.2, 0.25) is 0 Å². The van der Waals surface area contributed by atoms with Crippen LogP contribution in [0.3, 0.4) is 0 Å². The summed E-state index contributed by atoms with van der Waals surface area (Å²) in [6.45, 7) is 4.64. The number of hydrogen-bond donors (Lipinski definition) is 0. The average molecular weight is 281 g/mol. The largest absolute Gasteiger partial charge is 0.466 e. The molecule has 2 rings (SSSR count). The van der Waals surface area contributed by atoms with E-state index in [-0.39, 0.29) is 17.2 Å². The number of halogens is 2. The summed E-state index contributed by atoms with van der Waals surface area (Å²) in [5, 5.41) is 0.194. The van der Waals surface area contributed by atoms with Crippen LogP contribution in [0.15, 0.2) is 0 Å². The van der Waals surface area contributed by atoms with Crippen LogP contribution in [0.1, 0.15) is 46.0 Å². The van der Waals surface area contributed by atoms with E-state index in [1.54, 1.807) is 0 Å². The lowest BCUT2D eigenvalue weighted by atomic mass is 9.73. The van der Waals surface area contributed by atoms with E-state index in [1.807, 2.05) is 6.92 Å². The zero-order valence-corrected chi connectivity index (χ0v) is 12.2. The lowest BCUT2D eigenvalue weighted by Gasteiger charge is -2.32. The Kier molecular flexibility index (Phi) is 6.08. The van der Waals surface area contributed by atoms with Gasteiger partial charge >= 0.3 is 5.97 Å². The molecule has 0 spiro atoms. The van der Waals surface area contributed by atoms with E-state index >= 15 is 0 Å². The van der Waals surface area contributed by atoms with Gasteiger partial charge in [0.05, 0.1) is 17.9 Å². The Morgan fingerprint density at radius 3 is 2.53 bits per heavy atom. The highest BCUT2D eigenvalue weighted by molar-refractivity contribution is 6.40. The van der Waals surface area contributed by atoms with E-state index in [0.717, 1.165) is 18.8 Å². The first-order valence-corrected chi connectivity index (χ1v) is 7.49. The minimum absolute atomic E-state index is 0.0663. The average Bonchev–Trinajstić information content (AvgIpc) is 2.88. The van der Waals surface area contributed by atoms with Gasteiger partial charge in [-0.15, -0.1) is 23.2 Å². The molecule has 2 nitrogen and oxygen atoms in total. The summed E-state index contributed by atoms with van der Waals surface area (Å²) in [4.78, 5) is 11.8. The molecule has 0 aromatic carbocycles. The van der Waals surface area contributed by atoms with Gasteiger partial charge in [0, 0.05) is 0 Å². The predicted molar refractivity (Wildman–Crippen MR) is 71.4 cm³/mol. The lowest BCUT2D eigenvalue weighted by Crippen LogP contribution is -2.32. The van der Waals surface area contributed by atoms with E-state index in [2.05, 4.69) is 6.92 Å². The molecule has 0 saturated heterocycles. The van der Waals surface area contributed by atoms with Crippen LogP contribution in [0, 0.1) is 17.3 Å². The number of carbonyl (C=O) groups excluding carboxylic acids is 1. The predicted octanol–water partition coefficient (Wildman–Crippen LogP) is 4.19. The Morgan fingerprint density at radius 1 is 1.41 bits per heavy atom.